The average molecular weight is 264 g/mol. The third-order valence-electron chi connectivity index (χ3n) is 3.84. The molecule has 0 amide bonds. The lowest BCUT2D eigenvalue weighted by molar-refractivity contribution is 0.390. The molecule has 0 radical (unpaired) electrons. The van der Waals surface area contributed by atoms with Crippen LogP contribution in [0.25, 0.3) is 0 Å². The molecule has 2 heteroatoms. The molecule has 1 aliphatic rings. The molecule has 2 nitrogen and oxygen atoms in total. The van der Waals surface area contributed by atoms with Gasteiger partial charge in [-0.1, -0.05) is 64.7 Å². The molecule has 0 bridgehead atoms. The molecule has 0 saturated heterocycles. The number of hydrogen-bond acceptors (Lipinski definition) is 2. The van der Waals surface area contributed by atoms with Crippen LogP contribution in [0.4, 0.5) is 0 Å². The Hall–Kier alpha value is -0.920. The van der Waals surface area contributed by atoms with Crippen molar-refractivity contribution in [1.82, 2.24) is 4.90 Å². The van der Waals surface area contributed by atoms with Gasteiger partial charge in [0.05, 0.1) is 0 Å². The van der Waals surface area contributed by atoms with Crippen molar-refractivity contribution in [2.45, 2.75) is 71.1 Å². The second-order valence-corrected chi connectivity index (χ2v) is 5.70. The quantitative estimate of drug-likeness (QED) is 0.553. The smallest absolute Gasteiger partial charge is 0.0376 e. The number of hydrogen-bond donors (Lipinski definition) is 1. The van der Waals surface area contributed by atoms with E-state index in [9.17, 15) is 0 Å². The standard InChI is InChI=1S/C17H32N2/c1-2-3-4-5-6-7-8-9-10-11-14-19-15-12-17(18)13-16-19/h12-13,15H,2-11,14,16,18H2,1H3. The highest BCUT2D eigenvalue weighted by atomic mass is 15.1. The summed E-state index contributed by atoms with van der Waals surface area (Å²) >= 11 is 0. The van der Waals surface area contributed by atoms with E-state index in [0.717, 1.165) is 12.2 Å². The van der Waals surface area contributed by atoms with Crippen LogP contribution < -0.4 is 5.73 Å². The van der Waals surface area contributed by atoms with Crippen LogP contribution >= 0.6 is 0 Å². The van der Waals surface area contributed by atoms with Crippen molar-refractivity contribution in [3.8, 4) is 0 Å². The van der Waals surface area contributed by atoms with Crippen molar-refractivity contribution in [2.75, 3.05) is 13.1 Å². The molecule has 0 unspecified atom stereocenters. The van der Waals surface area contributed by atoms with Gasteiger partial charge in [0.25, 0.3) is 0 Å². The van der Waals surface area contributed by atoms with Crippen LogP contribution in [0.3, 0.4) is 0 Å². The predicted octanol–water partition coefficient (Wildman–Crippen LogP) is 4.58. The first-order chi connectivity index (χ1) is 9.33. The summed E-state index contributed by atoms with van der Waals surface area (Å²) in [7, 11) is 0. The Morgan fingerprint density at radius 2 is 1.53 bits per heavy atom. The normalized spacial score (nSPS) is 14.8. The Balaban J connectivity index is 1.80. The first-order valence-corrected chi connectivity index (χ1v) is 8.21. The van der Waals surface area contributed by atoms with Crippen LogP contribution in [0.1, 0.15) is 71.1 Å². The Morgan fingerprint density at radius 3 is 2.05 bits per heavy atom. The Morgan fingerprint density at radius 1 is 0.947 bits per heavy atom. The van der Waals surface area contributed by atoms with Gasteiger partial charge in [-0.25, -0.2) is 0 Å². The molecular weight excluding hydrogens is 232 g/mol. The lowest BCUT2D eigenvalue weighted by atomic mass is 10.1. The van der Waals surface area contributed by atoms with Crippen LogP contribution in [0.5, 0.6) is 0 Å². The van der Waals surface area contributed by atoms with Gasteiger partial charge in [0.15, 0.2) is 0 Å². The first kappa shape index (κ1) is 16.1. The summed E-state index contributed by atoms with van der Waals surface area (Å²) in [6.45, 7) is 4.44. The van der Waals surface area contributed by atoms with Crippen molar-refractivity contribution in [1.29, 1.82) is 0 Å². The molecular formula is C17H32N2. The molecule has 0 aromatic carbocycles. The zero-order chi connectivity index (χ0) is 13.8. The van der Waals surface area contributed by atoms with Gasteiger partial charge in [-0.2, -0.15) is 0 Å². The van der Waals surface area contributed by atoms with Crippen molar-refractivity contribution >= 4 is 0 Å². The van der Waals surface area contributed by atoms with E-state index < -0.39 is 0 Å². The number of rotatable bonds is 11. The Kier molecular flexibility index (Phi) is 9.30. The second kappa shape index (κ2) is 11.0. The molecule has 0 aromatic heterocycles. The molecule has 19 heavy (non-hydrogen) atoms. The van der Waals surface area contributed by atoms with E-state index in [1.807, 2.05) is 6.08 Å². The number of nitrogens with zero attached hydrogens (tertiary/aromatic N) is 1. The maximum absolute atomic E-state index is 5.70. The summed E-state index contributed by atoms with van der Waals surface area (Å²) in [6.07, 6.45) is 20.3. The lowest BCUT2D eigenvalue weighted by Crippen LogP contribution is -2.22. The number of allylic oxidation sites excluding steroid dienone is 1. The van der Waals surface area contributed by atoms with Crippen LogP contribution in [0.2, 0.25) is 0 Å². The maximum atomic E-state index is 5.70. The molecule has 1 heterocycles. The molecule has 0 atom stereocenters. The minimum absolute atomic E-state index is 0.902. The summed E-state index contributed by atoms with van der Waals surface area (Å²) in [5, 5.41) is 0. The SMILES string of the molecule is CCCCCCCCCCCCN1C=CC(N)=CC1. The third kappa shape index (κ3) is 8.74. The summed E-state index contributed by atoms with van der Waals surface area (Å²) in [6, 6.07) is 0. The Labute approximate surface area is 119 Å². The van der Waals surface area contributed by atoms with Gasteiger partial charge in [-0.05, 0) is 18.6 Å². The summed E-state index contributed by atoms with van der Waals surface area (Å²) < 4.78 is 0. The number of nitrogens with two attached hydrogens (primary N) is 1. The van der Waals surface area contributed by atoms with Gasteiger partial charge in [0, 0.05) is 25.0 Å². The van der Waals surface area contributed by atoms with Crippen LogP contribution in [-0.4, -0.2) is 18.0 Å². The molecule has 0 fully saturated rings. The highest BCUT2D eigenvalue weighted by molar-refractivity contribution is 5.18. The highest BCUT2D eigenvalue weighted by Gasteiger charge is 2.01. The molecule has 1 rings (SSSR count). The monoisotopic (exact) mass is 264 g/mol. The number of unbranched alkanes of at least 4 members (excludes halogenated alkanes) is 9. The van der Waals surface area contributed by atoms with Crippen molar-refractivity contribution in [3.63, 3.8) is 0 Å². The summed E-state index contributed by atoms with van der Waals surface area (Å²) in [5.41, 5.74) is 6.60. The summed E-state index contributed by atoms with van der Waals surface area (Å²) in [4.78, 5) is 2.35. The molecule has 0 spiro atoms. The van der Waals surface area contributed by atoms with Gasteiger partial charge < -0.3 is 10.6 Å². The molecule has 110 valence electrons. The fraction of sp³-hybridized carbons (Fsp3) is 0.765. The minimum atomic E-state index is 0.902. The van der Waals surface area contributed by atoms with E-state index in [1.165, 1.54) is 70.8 Å². The van der Waals surface area contributed by atoms with E-state index in [0.29, 0.717) is 0 Å². The predicted molar refractivity (Wildman–Crippen MR) is 84.8 cm³/mol. The average Bonchev–Trinajstić information content (AvgIpc) is 2.43. The van der Waals surface area contributed by atoms with Crippen molar-refractivity contribution in [3.05, 3.63) is 24.0 Å². The molecule has 0 aromatic rings. The lowest BCUT2D eigenvalue weighted by Gasteiger charge is -2.21. The third-order valence-corrected chi connectivity index (χ3v) is 3.84. The largest absolute Gasteiger partial charge is 0.399 e. The fourth-order valence-electron chi connectivity index (χ4n) is 2.51. The highest BCUT2D eigenvalue weighted by Crippen LogP contribution is 2.11. The van der Waals surface area contributed by atoms with Gasteiger partial charge in [-0.15, -0.1) is 0 Å². The van der Waals surface area contributed by atoms with Crippen molar-refractivity contribution < 1.29 is 0 Å². The topological polar surface area (TPSA) is 29.3 Å². The van der Waals surface area contributed by atoms with Gasteiger partial charge in [0.2, 0.25) is 0 Å². The van der Waals surface area contributed by atoms with E-state index in [2.05, 4.69) is 24.1 Å². The van der Waals surface area contributed by atoms with Crippen LogP contribution in [0, 0.1) is 0 Å². The minimum Gasteiger partial charge on any atom is -0.399 e. The zero-order valence-electron chi connectivity index (χ0n) is 12.7. The second-order valence-electron chi connectivity index (χ2n) is 5.70. The van der Waals surface area contributed by atoms with Gasteiger partial charge in [0.1, 0.15) is 0 Å². The van der Waals surface area contributed by atoms with E-state index in [-0.39, 0.29) is 0 Å². The molecule has 1 aliphatic heterocycles. The van der Waals surface area contributed by atoms with Crippen LogP contribution in [-0.2, 0) is 0 Å². The Bertz CT molecular complexity index is 268. The molecule has 0 saturated carbocycles. The van der Waals surface area contributed by atoms with Crippen LogP contribution in [0.15, 0.2) is 24.0 Å². The first-order valence-electron chi connectivity index (χ1n) is 8.21. The molecule has 2 N–H and O–H groups in total. The van der Waals surface area contributed by atoms with E-state index in [4.69, 9.17) is 5.73 Å². The van der Waals surface area contributed by atoms with Crippen molar-refractivity contribution in [2.24, 2.45) is 5.73 Å². The maximum Gasteiger partial charge on any atom is 0.0376 e. The summed E-state index contributed by atoms with van der Waals surface area (Å²) in [5.74, 6) is 0. The molecule has 0 aliphatic carbocycles. The zero-order valence-corrected chi connectivity index (χ0v) is 12.7. The van der Waals surface area contributed by atoms with E-state index >= 15 is 0 Å². The van der Waals surface area contributed by atoms with E-state index in [1.54, 1.807) is 0 Å². The fourth-order valence-corrected chi connectivity index (χ4v) is 2.51. The van der Waals surface area contributed by atoms with Gasteiger partial charge >= 0.3 is 0 Å². The van der Waals surface area contributed by atoms with Gasteiger partial charge in [-0.3, -0.25) is 0 Å².